The summed E-state index contributed by atoms with van der Waals surface area (Å²) < 4.78 is 30.0. The van der Waals surface area contributed by atoms with Crippen molar-refractivity contribution in [1.29, 1.82) is 0 Å². The number of ether oxygens (including phenoxy) is 1. The third-order valence-corrected chi connectivity index (χ3v) is 2.44. The van der Waals surface area contributed by atoms with Gasteiger partial charge >= 0.3 is 0 Å². The van der Waals surface area contributed by atoms with Crippen LogP contribution in [0.2, 0.25) is 0 Å². The van der Waals surface area contributed by atoms with Crippen LogP contribution in [-0.2, 0) is 4.74 Å². The van der Waals surface area contributed by atoms with E-state index in [2.05, 4.69) is 5.32 Å². The van der Waals surface area contributed by atoms with Gasteiger partial charge in [0.15, 0.2) is 0 Å². The lowest BCUT2D eigenvalue weighted by molar-refractivity contribution is 0.151. The summed E-state index contributed by atoms with van der Waals surface area (Å²) in [7, 11) is 0. The van der Waals surface area contributed by atoms with Gasteiger partial charge in [-0.3, -0.25) is 0 Å². The largest absolute Gasteiger partial charge is 0.380 e. The van der Waals surface area contributed by atoms with Crippen molar-refractivity contribution in [3.05, 3.63) is 29.8 Å². The molecule has 0 aliphatic carbocycles. The van der Waals surface area contributed by atoms with Crippen LogP contribution < -0.4 is 5.32 Å². The summed E-state index contributed by atoms with van der Waals surface area (Å²) in [6.45, 7) is 1.39. The third-order valence-electron chi connectivity index (χ3n) is 2.44. The van der Waals surface area contributed by atoms with Crippen molar-refractivity contribution in [2.75, 3.05) is 18.5 Å². The maximum Gasteiger partial charge on any atom is 0.263 e. The number of hydrogen-bond donors (Lipinski definition) is 1. The van der Waals surface area contributed by atoms with Crippen LogP contribution >= 0.6 is 0 Å². The lowest BCUT2D eigenvalue weighted by atomic mass is 10.2. The molecule has 0 bridgehead atoms. The number of halogens is 2. The Kier molecular flexibility index (Phi) is 3.16. The molecule has 2 rings (SSSR count). The van der Waals surface area contributed by atoms with Crippen molar-refractivity contribution in [2.24, 2.45) is 0 Å². The SMILES string of the molecule is FC(F)c1cccc(NC2CCOC2)c1. The van der Waals surface area contributed by atoms with Crippen molar-refractivity contribution < 1.29 is 13.5 Å². The van der Waals surface area contributed by atoms with Gasteiger partial charge in [0, 0.05) is 17.9 Å². The number of anilines is 1. The second-order valence-electron chi connectivity index (χ2n) is 3.63. The fourth-order valence-corrected chi connectivity index (χ4v) is 1.65. The van der Waals surface area contributed by atoms with E-state index in [1.807, 2.05) is 0 Å². The van der Waals surface area contributed by atoms with Crippen molar-refractivity contribution in [2.45, 2.75) is 18.9 Å². The standard InChI is InChI=1S/C11H13F2NO/c12-11(13)8-2-1-3-9(6-8)14-10-4-5-15-7-10/h1-3,6,10-11,14H,4-5,7H2. The minimum atomic E-state index is -2.41. The molecular formula is C11H13F2NO. The molecule has 0 aromatic heterocycles. The Hall–Kier alpha value is -1.16. The van der Waals surface area contributed by atoms with E-state index < -0.39 is 6.43 Å². The van der Waals surface area contributed by atoms with E-state index in [0.29, 0.717) is 6.61 Å². The molecule has 0 saturated carbocycles. The Balaban J connectivity index is 2.04. The molecule has 0 radical (unpaired) electrons. The van der Waals surface area contributed by atoms with E-state index in [0.717, 1.165) is 18.7 Å². The first-order valence-electron chi connectivity index (χ1n) is 4.98. The van der Waals surface area contributed by atoms with Gasteiger partial charge in [0.25, 0.3) is 6.43 Å². The second kappa shape index (κ2) is 4.57. The highest BCUT2D eigenvalue weighted by atomic mass is 19.3. The molecule has 1 N–H and O–H groups in total. The molecular weight excluding hydrogens is 200 g/mol. The van der Waals surface area contributed by atoms with Gasteiger partial charge in [-0.15, -0.1) is 0 Å². The zero-order valence-electron chi connectivity index (χ0n) is 8.25. The van der Waals surface area contributed by atoms with Gasteiger partial charge in [-0.05, 0) is 18.6 Å². The number of alkyl halides is 2. The van der Waals surface area contributed by atoms with Gasteiger partial charge in [-0.2, -0.15) is 0 Å². The van der Waals surface area contributed by atoms with Gasteiger partial charge in [-0.1, -0.05) is 12.1 Å². The minimum absolute atomic E-state index is 0.0546. The molecule has 0 spiro atoms. The number of rotatable bonds is 3. The monoisotopic (exact) mass is 213 g/mol. The highest BCUT2D eigenvalue weighted by molar-refractivity contribution is 5.47. The Bertz CT molecular complexity index is 324. The van der Waals surface area contributed by atoms with E-state index in [4.69, 9.17) is 4.74 Å². The van der Waals surface area contributed by atoms with Gasteiger partial charge in [0.05, 0.1) is 12.6 Å². The molecule has 1 aliphatic heterocycles. The zero-order valence-corrected chi connectivity index (χ0v) is 8.25. The molecule has 15 heavy (non-hydrogen) atoms. The van der Waals surface area contributed by atoms with E-state index in [1.54, 1.807) is 12.1 Å². The molecule has 1 fully saturated rings. The summed E-state index contributed by atoms with van der Waals surface area (Å²) in [5.41, 5.74) is 0.794. The summed E-state index contributed by atoms with van der Waals surface area (Å²) >= 11 is 0. The fourth-order valence-electron chi connectivity index (χ4n) is 1.65. The number of nitrogens with one attached hydrogen (secondary N) is 1. The molecule has 1 atom stereocenters. The van der Waals surface area contributed by atoms with E-state index in [-0.39, 0.29) is 11.6 Å². The normalized spacial score (nSPS) is 20.9. The Labute approximate surface area is 87.2 Å². The predicted octanol–water partition coefficient (Wildman–Crippen LogP) is 2.83. The first kappa shape index (κ1) is 10.4. The predicted molar refractivity (Wildman–Crippen MR) is 54.2 cm³/mol. The smallest absolute Gasteiger partial charge is 0.263 e. The molecule has 1 heterocycles. The Morgan fingerprint density at radius 2 is 2.27 bits per heavy atom. The van der Waals surface area contributed by atoms with Crippen LogP contribution in [0.1, 0.15) is 18.4 Å². The van der Waals surface area contributed by atoms with Crippen LogP contribution in [0.5, 0.6) is 0 Å². The van der Waals surface area contributed by atoms with Crippen LogP contribution in [0, 0.1) is 0 Å². The molecule has 4 heteroatoms. The van der Waals surface area contributed by atoms with Crippen molar-refractivity contribution in [1.82, 2.24) is 0 Å². The molecule has 82 valence electrons. The maximum atomic E-state index is 12.4. The average Bonchev–Trinajstić information content (AvgIpc) is 2.71. The average molecular weight is 213 g/mol. The highest BCUT2D eigenvalue weighted by Crippen LogP contribution is 2.22. The summed E-state index contributed by atoms with van der Waals surface area (Å²) in [5.74, 6) is 0. The second-order valence-corrected chi connectivity index (χ2v) is 3.63. The lowest BCUT2D eigenvalue weighted by Crippen LogP contribution is -2.18. The first-order chi connectivity index (χ1) is 7.25. The van der Waals surface area contributed by atoms with Gasteiger partial charge in [0.1, 0.15) is 0 Å². The third kappa shape index (κ3) is 2.65. The molecule has 1 aliphatic rings. The quantitative estimate of drug-likeness (QED) is 0.833. The molecule has 2 nitrogen and oxygen atoms in total. The van der Waals surface area contributed by atoms with Crippen molar-refractivity contribution in [3.8, 4) is 0 Å². The highest BCUT2D eigenvalue weighted by Gasteiger charge is 2.15. The Morgan fingerprint density at radius 3 is 2.93 bits per heavy atom. The van der Waals surface area contributed by atoms with E-state index >= 15 is 0 Å². The maximum absolute atomic E-state index is 12.4. The first-order valence-corrected chi connectivity index (χ1v) is 4.98. The summed E-state index contributed by atoms with van der Waals surface area (Å²) in [4.78, 5) is 0. The summed E-state index contributed by atoms with van der Waals surface area (Å²) in [6, 6.07) is 6.60. The Morgan fingerprint density at radius 1 is 1.40 bits per heavy atom. The number of hydrogen-bond acceptors (Lipinski definition) is 2. The summed E-state index contributed by atoms with van der Waals surface area (Å²) in [5, 5.41) is 3.18. The molecule has 1 unspecified atom stereocenters. The fraction of sp³-hybridized carbons (Fsp3) is 0.455. The molecule has 1 saturated heterocycles. The van der Waals surface area contributed by atoms with Crippen LogP contribution in [0.25, 0.3) is 0 Å². The van der Waals surface area contributed by atoms with Crippen LogP contribution in [0.4, 0.5) is 14.5 Å². The number of benzene rings is 1. The van der Waals surface area contributed by atoms with Gasteiger partial charge in [0.2, 0.25) is 0 Å². The molecule has 1 aromatic rings. The van der Waals surface area contributed by atoms with Crippen LogP contribution in [0.3, 0.4) is 0 Å². The summed E-state index contributed by atoms with van der Waals surface area (Å²) in [6.07, 6.45) is -1.48. The molecule has 1 aromatic carbocycles. The van der Waals surface area contributed by atoms with Gasteiger partial charge < -0.3 is 10.1 Å². The zero-order chi connectivity index (χ0) is 10.7. The van der Waals surface area contributed by atoms with E-state index in [1.165, 1.54) is 12.1 Å². The molecule has 0 amide bonds. The van der Waals surface area contributed by atoms with Crippen LogP contribution in [0.15, 0.2) is 24.3 Å². The topological polar surface area (TPSA) is 21.3 Å². The van der Waals surface area contributed by atoms with E-state index in [9.17, 15) is 8.78 Å². The van der Waals surface area contributed by atoms with Crippen molar-refractivity contribution >= 4 is 5.69 Å². The van der Waals surface area contributed by atoms with Gasteiger partial charge in [-0.25, -0.2) is 8.78 Å². The minimum Gasteiger partial charge on any atom is -0.380 e. The van der Waals surface area contributed by atoms with Crippen LogP contribution in [-0.4, -0.2) is 19.3 Å². The van der Waals surface area contributed by atoms with Crippen molar-refractivity contribution in [3.63, 3.8) is 0 Å². The lowest BCUT2D eigenvalue weighted by Gasteiger charge is -2.12.